The Morgan fingerprint density at radius 1 is 0.903 bits per heavy atom. The van der Waals surface area contributed by atoms with Gasteiger partial charge < -0.3 is 5.21 Å². The average Bonchev–Trinajstić information content (AvgIpc) is 3.01. The molecule has 1 heterocycles. The highest BCUT2D eigenvalue weighted by Crippen LogP contribution is 2.31. The van der Waals surface area contributed by atoms with Crippen LogP contribution in [0.3, 0.4) is 0 Å². The third-order valence-electron chi connectivity index (χ3n) is 5.00. The van der Waals surface area contributed by atoms with Crippen LogP contribution in [0.15, 0.2) is 65.7 Å². The average molecular weight is 419 g/mol. The lowest BCUT2D eigenvalue weighted by molar-refractivity contribution is -0.393. The summed E-state index contributed by atoms with van der Waals surface area (Å²) in [6.07, 6.45) is 0. The maximum Gasteiger partial charge on any atom is 0.289 e. The lowest BCUT2D eigenvalue weighted by Crippen LogP contribution is -2.22. The summed E-state index contributed by atoms with van der Waals surface area (Å²) in [4.78, 5) is 27.0. The van der Waals surface area contributed by atoms with E-state index in [4.69, 9.17) is 0 Å². The first kappa shape index (κ1) is 19.8. The lowest BCUT2D eigenvalue weighted by atomic mass is 10.2. The van der Waals surface area contributed by atoms with Gasteiger partial charge in [-0.05, 0) is 37.1 Å². The van der Waals surface area contributed by atoms with E-state index in [9.17, 15) is 25.4 Å². The van der Waals surface area contributed by atoms with Crippen LogP contribution in [0.5, 0.6) is 0 Å². The van der Waals surface area contributed by atoms with Crippen molar-refractivity contribution in [1.29, 1.82) is 0 Å². The molecular weight excluding hydrogens is 402 g/mol. The van der Waals surface area contributed by atoms with Crippen LogP contribution in [-0.2, 0) is 0 Å². The molecule has 4 rings (SSSR count). The molecule has 3 aromatic carbocycles. The van der Waals surface area contributed by atoms with Crippen LogP contribution >= 0.6 is 0 Å². The number of fused-ring (bicyclic) bond motifs is 1. The summed E-state index contributed by atoms with van der Waals surface area (Å²) in [5.74, 6) is 0. The van der Waals surface area contributed by atoms with Gasteiger partial charge in [-0.2, -0.15) is 0 Å². The molecule has 0 aliphatic carbocycles. The molecule has 0 atom stereocenters. The first-order chi connectivity index (χ1) is 14.8. The van der Waals surface area contributed by atoms with Crippen molar-refractivity contribution in [1.82, 2.24) is 9.53 Å². The molecule has 1 N–H and O–H groups in total. The number of nitrogens with zero attached hydrogens (tertiary/aromatic N) is 5. The van der Waals surface area contributed by atoms with Gasteiger partial charge >= 0.3 is 0 Å². The van der Waals surface area contributed by atoms with Crippen LogP contribution in [0.25, 0.3) is 16.6 Å². The third-order valence-corrected chi connectivity index (χ3v) is 5.00. The number of nitro groups is 2. The van der Waals surface area contributed by atoms with Gasteiger partial charge in [-0.15, -0.1) is 4.85 Å². The molecule has 10 nitrogen and oxygen atoms in total. The van der Waals surface area contributed by atoms with Crippen molar-refractivity contribution in [3.05, 3.63) is 97.5 Å². The zero-order chi connectivity index (χ0) is 22.3. The molecule has 31 heavy (non-hydrogen) atoms. The second kappa shape index (κ2) is 7.41. The predicted molar refractivity (Wildman–Crippen MR) is 113 cm³/mol. The summed E-state index contributed by atoms with van der Waals surface area (Å²) in [5, 5.41) is 34.1. The van der Waals surface area contributed by atoms with Gasteiger partial charge in [-0.1, -0.05) is 36.4 Å². The van der Waals surface area contributed by atoms with E-state index < -0.39 is 21.2 Å². The Balaban J connectivity index is 2.26. The van der Waals surface area contributed by atoms with Crippen molar-refractivity contribution in [2.45, 2.75) is 13.8 Å². The normalized spacial score (nSPS) is 11.7. The molecule has 4 aromatic rings. The smallest absolute Gasteiger partial charge is 0.289 e. The molecule has 0 radical (unpaired) electrons. The Morgan fingerprint density at radius 3 is 2.16 bits per heavy atom. The molecule has 0 saturated carbocycles. The quantitative estimate of drug-likeness (QED) is 0.299. The first-order valence-corrected chi connectivity index (χ1v) is 9.25. The maximum absolute atomic E-state index is 11.8. The minimum atomic E-state index is -0.740. The SMILES string of the molecule is Cc1ccccc1N=c1c2c([N+](=O)[O-])cc([N+](=O)[O-])cc2n(O)n1-c1ccccc1C. The van der Waals surface area contributed by atoms with Gasteiger partial charge in [0.1, 0.15) is 10.9 Å². The Morgan fingerprint density at radius 2 is 1.55 bits per heavy atom. The summed E-state index contributed by atoms with van der Waals surface area (Å²) in [7, 11) is 0. The van der Waals surface area contributed by atoms with E-state index in [0.29, 0.717) is 16.2 Å². The molecule has 0 amide bonds. The molecule has 0 fully saturated rings. The van der Waals surface area contributed by atoms with E-state index >= 15 is 0 Å². The Bertz CT molecular complexity index is 1430. The van der Waals surface area contributed by atoms with Gasteiger partial charge in [0.05, 0.1) is 27.3 Å². The molecule has 0 saturated heterocycles. The fourth-order valence-electron chi connectivity index (χ4n) is 3.46. The summed E-state index contributed by atoms with van der Waals surface area (Å²) < 4.78 is 1.31. The van der Waals surface area contributed by atoms with E-state index in [1.807, 2.05) is 38.1 Å². The molecular formula is C21H17N5O5. The second-order valence-electron chi connectivity index (χ2n) is 6.98. The van der Waals surface area contributed by atoms with E-state index in [1.54, 1.807) is 24.3 Å². The van der Waals surface area contributed by atoms with Crippen molar-refractivity contribution < 1.29 is 15.1 Å². The fourth-order valence-corrected chi connectivity index (χ4v) is 3.46. The van der Waals surface area contributed by atoms with Crippen LogP contribution in [0.4, 0.5) is 17.1 Å². The molecule has 0 aliphatic heterocycles. The molecule has 156 valence electrons. The summed E-state index contributed by atoms with van der Waals surface area (Å²) in [6, 6.07) is 16.3. The van der Waals surface area contributed by atoms with Gasteiger partial charge in [-0.25, -0.2) is 9.67 Å². The molecule has 0 aliphatic rings. The fraction of sp³-hybridized carbons (Fsp3) is 0.0952. The maximum atomic E-state index is 11.8. The lowest BCUT2D eigenvalue weighted by Gasteiger charge is -2.10. The number of para-hydroxylation sites is 2. The number of nitro benzene ring substituents is 2. The van der Waals surface area contributed by atoms with Gasteiger partial charge in [0, 0.05) is 6.07 Å². The molecule has 0 unspecified atom stereocenters. The van der Waals surface area contributed by atoms with E-state index in [-0.39, 0.29) is 16.4 Å². The van der Waals surface area contributed by atoms with Crippen LogP contribution in [0, 0.1) is 34.1 Å². The summed E-state index contributed by atoms with van der Waals surface area (Å²) in [5.41, 5.74) is 1.61. The Hall–Kier alpha value is -4.47. The molecule has 0 bridgehead atoms. The second-order valence-corrected chi connectivity index (χ2v) is 6.98. The zero-order valence-corrected chi connectivity index (χ0v) is 16.6. The van der Waals surface area contributed by atoms with Crippen LogP contribution in [0.2, 0.25) is 0 Å². The van der Waals surface area contributed by atoms with Crippen molar-refractivity contribution in [2.24, 2.45) is 4.99 Å². The van der Waals surface area contributed by atoms with E-state index in [2.05, 4.69) is 4.99 Å². The summed E-state index contributed by atoms with van der Waals surface area (Å²) in [6.45, 7) is 3.66. The number of benzene rings is 3. The zero-order valence-electron chi connectivity index (χ0n) is 16.6. The van der Waals surface area contributed by atoms with Crippen LogP contribution in [0.1, 0.15) is 11.1 Å². The van der Waals surface area contributed by atoms with Crippen molar-refractivity contribution in [2.75, 3.05) is 0 Å². The molecule has 10 heteroatoms. The minimum absolute atomic E-state index is 0.00962. The first-order valence-electron chi connectivity index (χ1n) is 9.25. The number of rotatable bonds is 4. The number of hydrogen-bond donors (Lipinski definition) is 1. The van der Waals surface area contributed by atoms with E-state index in [0.717, 1.165) is 23.3 Å². The predicted octanol–water partition coefficient (Wildman–Crippen LogP) is 4.33. The van der Waals surface area contributed by atoms with Crippen LogP contribution < -0.4 is 5.49 Å². The van der Waals surface area contributed by atoms with Gasteiger partial charge in [-0.3, -0.25) is 20.2 Å². The number of aromatic nitrogens is 2. The van der Waals surface area contributed by atoms with Crippen molar-refractivity contribution >= 4 is 28.0 Å². The number of hydrogen-bond acceptors (Lipinski definition) is 6. The van der Waals surface area contributed by atoms with Gasteiger partial charge in [0.25, 0.3) is 11.4 Å². The van der Waals surface area contributed by atoms with Crippen molar-refractivity contribution in [3.8, 4) is 5.69 Å². The highest BCUT2D eigenvalue weighted by Gasteiger charge is 2.27. The van der Waals surface area contributed by atoms with Gasteiger partial charge in [0.2, 0.25) is 0 Å². The monoisotopic (exact) mass is 419 g/mol. The largest absolute Gasteiger partial charge is 0.412 e. The van der Waals surface area contributed by atoms with E-state index in [1.165, 1.54) is 4.68 Å². The third kappa shape index (κ3) is 3.29. The number of aryl methyl sites for hydroxylation is 2. The molecule has 0 spiro atoms. The van der Waals surface area contributed by atoms with Gasteiger partial charge in [0.15, 0.2) is 5.49 Å². The minimum Gasteiger partial charge on any atom is -0.412 e. The van der Waals surface area contributed by atoms with Crippen molar-refractivity contribution in [3.63, 3.8) is 0 Å². The van der Waals surface area contributed by atoms with Crippen LogP contribution in [-0.4, -0.2) is 24.6 Å². The highest BCUT2D eigenvalue weighted by atomic mass is 16.6. The standard InChI is InChI=1S/C21H17N5O5/c1-13-7-3-5-9-16(13)22-21-20-18(11-15(25(28)29)12-19(20)26(30)31)24(27)23(21)17-10-6-4-8-14(17)2/h3-12,27H,1-2H3. The molecule has 1 aromatic heterocycles. The Labute approximate surface area is 175 Å². The number of non-ortho nitro benzene ring substituents is 2. The highest BCUT2D eigenvalue weighted by molar-refractivity contribution is 5.90. The summed E-state index contributed by atoms with van der Waals surface area (Å²) >= 11 is 0. The Kier molecular flexibility index (Phi) is 4.74. The topological polar surface area (TPSA) is 129 Å².